The fourth-order valence-corrected chi connectivity index (χ4v) is 8.37. The molecule has 0 atom stereocenters. The number of carbonyl (C=O) groups is 2. The second-order valence-electron chi connectivity index (χ2n) is 14.7. The van der Waals surface area contributed by atoms with Crippen molar-refractivity contribution in [1.29, 1.82) is 0 Å². The number of fused-ring (bicyclic) bond motifs is 4. The second-order valence-corrected chi connectivity index (χ2v) is 14.7. The Morgan fingerprint density at radius 2 is 0.867 bits per heavy atom. The molecule has 11 rings (SSSR count). The van der Waals surface area contributed by atoms with Gasteiger partial charge >= 0.3 is 0 Å². The van der Waals surface area contributed by atoms with Crippen LogP contribution in [0.5, 0.6) is 0 Å². The van der Waals surface area contributed by atoms with Gasteiger partial charge in [-0.15, -0.1) is 0 Å². The van der Waals surface area contributed by atoms with Crippen LogP contribution in [0.15, 0.2) is 200 Å². The lowest BCUT2D eigenvalue weighted by molar-refractivity contribution is 0.0926. The highest BCUT2D eigenvalue weighted by molar-refractivity contribution is 6.36. The fourth-order valence-electron chi connectivity index (χ4n) is 8.37. The van der Waals surface area contributed by atoms with Gasteiger partial charge in [0.05, 0.1) is 33.5 Å². The predicted octanol–water partition coefficient (Wildman–Crippen LogP) is 12.1. The molecule has 0 N–H and O–H groups in total. The van der Waals surface area contributed by atoms with Gasteiger partial charge in [0, 0.05) is 33.0 Å². The van der Waals surface area contributed by atoms with Crippen molar-refractivity contribution in [3.05, 3.63) is 211 Å². The lowest BCUT2D eigenvalue weighted by Gasteiger charge is -2.20. The van der Waals surface area contributed by atoms with Crippen LogP contribution < -0.4 is 4.90 Å². The van der Waals surface area contributed by atoms with Gasteiger partial charge < -0.3 is 4.57 Å². The van der Waals surface area contributed by atoms with Crippen molar-refractivity contribution in [2.75, 3.05) is 4.90 Å². The van der Waals surface area contributed by atoms with Crippen LogP contribution >= 0.6 is 0 Å². The van der Waals surface area contributed by atoms with Gasteiger partial charge in [-0.05, 0) is 53.1 Å². The Balaban J connectivity index is 1.08. The Morgan fingerprint density at radius 1 is 0.333 bits per heavy atom. The van der Waals surface area contributed by atoms with Gasteiger partial charge in [0.15, 0.2) is 17.5 Å². The van der Waals surface area contributed by atoms with Crippen molar-refractivity contribution in [3.8, 4) is 62.1 Å². The first kappa shape index (κ1) is 34.9. The lowest BCUT2D eigenvalue weighted by Crippen LogP contribution is -2.30. The molecule has 1 aliphatic rings. The van der Waals surface area contributed by atoms with E-state index in [4.69, 9.17) is 15.0 Å². The number of benzene rings is 8. The average Bonchev–Trinajstić information content (AvgIpc) is 3.79. The molecule has 7 heteroatoms. The molecule has 0 saturated heterocycles. The number of hydrogen-bond donors (Lipinski definition) is 0. The minimum Gasteiger partial charge on any atom is -0.308 e. The van der Waals surface area contributed by atoms with Crippen LogP contribution in [0.2, 0.25) is 0 Å². The highest BCUT2D eigenvalue weighted by Crippen LogP contribution is 2.42. The maximum atomic E-state index is 15.0. The van der Waals surface area contributed by atoms with Crippen LogP contribution in [0.3, 0.4) is 0 Å². The van der Waals surface area contributed by atoms with E-state index in [1.54, 1.807) is 6.07 Å². The molecule has 7 nitrogen and oxygen atoms in total. The SMILES string of the molecule is O=C1c2cccc(-n3c4ccccc4c4ccc(-c5nc(-c6ccccc6)nc(-c6ccccc6)n5)cc43)c2C(=O)N1c1ccc(-c2ccccc2)cc1-c1ccccc1. The summed E-state index contributed by atoms with van der Waals surface area (Å²) in [7, 11) is 0. The molecular formula is C53H33N5O2. The van der Waals surface area contributed by atoms with Gasteiger partial charge in [0.25, 0.3) is 11.8 Å². The van der Waals surface area contributed by atoms with Crippen LogP contribution in [0.25, 0.3) is 83.9 Å². The van der Waals surface area contributed by atoms with E-state index in [0.29, 0.717) is 40.0 Å². The normalized spacial score (nSPS) is 12.4. The average molecular weight is 772 g/mol. The van der Waals surface area contributed by atoms with E-state index in [-0.39, 0.29) is 11.8 Å². The van der Waals surface area contributed by atoms with E-state index in [2.05, 4.69) is 41.0 Å². The second kappa shape index (κ2) is 14.3. The number of para-hydroxylation sites is 1. The minimum absolute atomic E-state index is 0.347. The molecule has 282 valence electrons. The van der Waals surface area contributed by atoms with E-state index in [1.807, 2.05) is 158 Å². The van der Waals surface area contributed by atoms with Gasteiger partial charge in [-0.3, -0.25) is 9.59 Å². The zero-order chi connectivity index (χ0) is 40.2. The molecule has 0 unspecified atom stereocenters. The van der Waals surface area contributed by atoms with Crippen LogP contribution in [0.4, 0.5) is 5.69 Å². The topological polar surface area (TPSA) is 81.0 Å². The largest absolute Gasteiger partial charge is 0.308 e. The molecule has 0 bridgehead atoms. The van der Waals surface area contributed by atoms with Gasteiger partial charge in [-0.1, -0.05) is 164 Å². The monoisotopic (exact) mass is 771 g/mol. The van der Waals surface area contributed by atoms with Gasteiger partial charge in [-0.25, -0.2) is 19.9 Å². The van der Waals surface area contributed by atoms with E-state index >= 15 is 4.79 Å². The first-order chi connectivity index (χ1) is 29.6. The summed E-state index contributed by atoms with van der Waals surface area (Å²) >= 11 is 0. The molecule has 0 spiro atoms. The van der Waals surface area contributed by atoms with E-state index in [1.165, 1.54) is 4.90 Å². The molecule has 8 aromatic carbocycles. The number of aromatic nitrogens is 4. The van der Waals surface area contributed by atoms with Crippen LogP contribution in [-0.2, 0) is 0 Å². The standard InChI is InChI=1S/C53H33N5O2/c59-52-42-25-15-27-46(48(42)53(60)58(52)45-31-29-38(34-16-5-1-6-17-34)32-43(45)35-18-7-2-8-19-35)57-44-26-14-13-24-40(44)41-30-28-39(33-47(41)57)51-55-49(36-20-9-3-10-21-36)54-50(56-51)37-22-11-4-12-23-37/h1-33H. The molecule has 2 aromatic heterocycles. The van der Waals surface area contributed by atoms with Gasteiger partial charge in [0.2, 0.25) is 0 Å². The van der Waals surface area contributed by atoms with Crippen molar-refractivity contribution in [1.82, 2.24) is 19.5 Å². The summed E-state index contributed by atoms with van der Waals surface area (Å²) in [6, 6.07) is 65.6. The third-order valence-corrected chi connectivity index (χ3v) is 11.2. The first-order valence-electron chi connectivity index (χ1n) is 19.8. The third kappa shape index (κ3) is 5.79. The fraction of sp³-hybridized carbons (Fsp3) is 0. The van der Waals surface area contributed by atoms with E-state index < -0.39 is 0 Å². The summed E-state index contributed by atoms with van der Waals surface area (Å²) in [5, 5.41) is 2.00. The zero-order valence-electron chi connectivity index (χ0n) is 32.1. The lowest BCUT2D eigenvalue weighted by atomic mass is 9.97. The summed E-state index contributed by atoms with van der Waals surface area (Å²) in [5.41, 5.74) is 9.86. The number of anilines is 1. The Kier molecular flexibility index (Phi) is 8.30. The third-order valence-electron chi connectivity index (χ3n) is 11.2. The molecule has 10 aromatic rings. The van der Waals surface area contributed by atoms with Gasteiger partial charge in [-0.2, -0.15) is 0 Å². The van der Waals surface area contributed by atoms with Crippen LogP contribution in [-0.4, -0.2) is 31.3 Å². The number of nitrogens with zero attached hydrogens (tertiary/aromatic N) is 5. The van der Waals surface area contributed by atoms with Crippen molar-refractivity contribution >= 4 is 39.3 Å². The molecule has 2 amide bonds. The van der Waals surface area contributed by atoms with Crippen molar-refractivity contribution in [2.24, 2.45) is 0 Å². The van der Waals surface area contributed by atoms with E-state index in [9.17, 15) is 4.79 Å². The van der Waals surface area contributed by atoms with Gasteiger partial charge in [0.1, 0.15) is 0 Å². The molecular weight excluding hydrogens is 739 g/mol. The Labute approximate surface area is 345 Å². The zero-order valence-corrected chi connectivity index (χ0v) is 32.1. The molecule has 0 aliphatic carbocycles. The number of carbonyl (C=O) groups excluding carboxylic acids is 2. The number of amides is 2. The summed E-state index contributed by atoms with van der Waals surface area (Å²) in [6.45, 7) is 0. The molecule has 1 aliphatic heterocycles. The van der Waals surface area contributed by atoms with Crippen molar-refractivity contribution in [2.45, 2.75) is 0 Å². The molecule has 60 heavy (non-hydrogen) atoms. The maximum absolute atomic E-state index is 15.0. The molecule has 3 heterocycles. The van der Waals surface area contributed by atoms with Crippen LogP contribution in [0.1, 0.15) is 20.7 Å². The predicted molar refractivity (Wildman–Crippen MR) is 239 cm³/mol. The summed E-state index contributed by atoms with van der Waals surface area (Å²) < 4.78 is 2.09. The highest BCUT2D eigenvalue weighted by Gasteiger charge is 2.40. The Hall–Kier alpha value is -8.29. The number of hydrogen-bond acceptors (Lipinski definition) is 5. The van der Waals surface area contributed by atoms with E-state index in [0.717, 1.165) is 60.8 Å². The summed E-state index contributed by atoms with van der Waals surface area (Å²) in [5.74, 6) is 0.906. The first-order valence-corrected chi connectivity index (χ1v) is 19.8. The Bertz CT molecular complexity index is 3230. The number of imide groups is 1. The summed E-state index contributed by atoms with van der Waals surface area (Å²) in [6.07, 6.45) is 0. The molecule has 0 fully saturated rings. The van der Waals surface area contributed by atoms with Crippen molar-refractivity contribution < 1.29 is 9.59 Å². The smallest absolute Gasteiger partial charge is 0.268 e. The minimum atomic E-state index is -0.380. The highest BCUT2D eigenvalue weighted by atomic mass is 16.2. The summed E-state index contributed by atoms with van der Waals surface area (Å²) in [4.78, 5) is 45.9. The molecule has 0 saturated carbocycles. The number of rotatable bonds is 7. The van der Waals surface area contributed by atoms with Crippen molar-refractivity contribution in [3.63, 3.8) is 0 Å². The maximum Gasteiger partial charge on any atom is 0.268 e. The molecule has 0 radical (unpaired) electrons. The quantitative estimate of drug-likeness (QED) is 0.151. The Morgan fingerprint density at radius 3 is 1.52 bits per heavy atom. The van der Waals surface area contributed by atoms with Crippen LogP contribution in [0, 0.1) is 0 Å².